The summed E-state index contributed by atoms with van der Waals surface area (Å²) in [6.45, 7) is 0.344. The zero-order valence-electron chi connectivity index (χ0n) is 16.8. The third kappa shape index (κ3) is 5.33. The normalized spacial score (nSPS) is 10.9. The molecule has 0 saturated carbocycles. The lowest BCUT2D eigenvalue weighted by Crippen LogP contribution is -2.17. The van der Waals surface area contributed by atoms with Crippen LogP contribution in [0.3, 0.4) is 0 Å². The number of aromatic amines is 1. The van der Waals surface area contributed by atoms with Crippen LogP contribution in [0.5, 0.6) is 11.5 Å². The number of H-pyrrole nitrogens is 1. The minimum absolute atomic E-state index is 0.162. The molecule has 0 radical (unpaired) electrons. The minimum Gasteiger partial charge on any atom is -0.508 e. The average Bonchev–Trinajstić information content (AvgIpc) is 3.31. The molecule has 4 aromatic rings. The summed E-state index contributed by atoms with van der Waals surface area (Å²) in [6.07, 6.45) is 1.48. The molecular weight excluding hydrogens is 428 g/mol. The van der Waals surface area contributed by atoms with Crippen molar-refractivity contribution in [3.05, 3.63) is 101 Å². The van der Waals surface area contributed by atoms with E-state index in [1.165, 1.54) is 18.3 Å². The number of aromatic hydroxyl groups is 1. The van der Waals surface area contributed by atoms with Gasteiger partial charge in [-0.15, -0.1) is 0 Å². The van der Waals surface area contributed by atoms with Crippen LogP contribution in [0.4, 0.5) is 0 Å². The smallest absolute Gasteiger partial charge is 0.289 e. The van der Waals surface area contributed by atoms with Gasteiger partial charge in [0.25, 0.3) is 5.91 Å². The van der Waals surface area contributed by atoms with Crippen molar-refractivity contribution < 1.29 is 14.6 Å². The van der Waals surface area contributed by atoms with Crippen molar-refractivity contribution in [3.63, 3.8) is 0 Å². The summed E-state index contributed by atoms with van der Waals surface area (Å²) >= 11 is 6.18. The predicted molar refractivity (Wildman–Crippen MR) is 123 cm³/mol. The highest BCUT2D eigenvalue weighted by Crippen LogP contribution is 2.24. The van der Waals surface area contributed by atoms with E-state index >= 15 is 0 Å². The lowest BCUT2D eigenvalue weighted by molar-refractivity contribution is 0.0950. The molecule has 8 heteroatoms. The van der Waals surface area contributed by atoms with Crippen molar-refractivity contribution in [1.82, 2.24) is 15.6 Å². The lowest BCUT2D eigenvalue weighted by Gasteiger charge is -2.08. The van der Waals surface area contributed by atoms with E-state index in [1.54, 1.807) is 18.2 Å². The van der Waals surface area contributed by atoms with Gasteiger partial charge < -0.3 is 9.84 Å². The van der Waals surface area contributed by atoms with Crippen molar-refractivity contribution in [2.75, 3.05) is 0 Å². The summed E-state index contributed by atoms with van der Waals surface area (Å²) < 4.78 is 5.86. The number of nitrogens with zero attached hydrogens (tertiary/aromatic N) is 2. The fraction of sp³-hybridized carbons (Fsp3) is 0.0417. The first kappa shape index (κ1) is 21.1. The predicted octanol–water partition coefficient (Wildman–Crippen LogP) is 4.78. The van der Waals surface area contributed by atoms with Crippen LogP contribution in [0.1, 0.15) is 21.6 Å². The van der Waals surface area contributed by atoms with E-state index in [0.29, 0.717) is 23.1 Å². The Morgan fingerprint density at radius 3 is 2.72 bits per heavy atom. The highest BCUT2D eigenvalue weighted by molar-refractivity contribution is 6.31. The number of halogens is 1. The largest absolute Gasteiger partial charge is 0.508 e. The number of carbonyl (C=O) groups is 1. The van der Waals surface area contributed by atoms with Gasteiger partial charge in [0.2, 0.25) is 0 Å². The first-order chi connectivity index (χ1) is 15.6. The van der Waals surface area contributed by atoms with E-state index in [-0.39, 0.29) is 11.4 Å². The van der Waals surface area contributed by atoms with E-state index in [9.17, 15) is 9.90 Å². The number of phenols is 1. The molecule has 3 N–H and O–H groups in total. The Labute approximate surface area is 189 Å². The maximum atomic E-state index is 12.3. The van der Waals surface area contributed by atoms with Gasteiger partial charge in [-0.05, 0) is 54.1 Å². The molecule has 0 aliphatic rings. The Balaban J connectivity index is 1.39. The number of hydrogen-bond acceptors (Lipinski definition) is 5. The number of benzene rings is 3. The van der Waals surface area contributed by atoms with Gasteiger partial charge in [0.15, 0.2) is 0 Å². The summed E-state index contributed by atoms with van der Waals surface area (Å²) in [5, 5.41) is 20.8. The molecule has 0 spiro atoms. The van der Waals surface area contributed by atoms with Crippen LogP contribution < -0.4 is 10.2 Å². The second kappa shape index (κ2) is 9.80. The van der Waals surface area contributed by atoms with Crippen LogP contribution in [-0.4, -0.2) is 27.4 Å². The van der Waals surface area contributed by atoms with Gasteiger partial charge in [-0.1, -0.05) is 41.9 Å². The molecule has 1 amide bonds. The van der Waals surface area contributed by atoms with Crippen LogP contribution in [0, 0.1) is 0 Å². The summed E-state index contributed by atoms with van der Waals surface area (Å²) in [7, 11) is 0. The highest BCUT2D eigenvalue weighted by Gasteiger charge is 2.11. The van der Waals surface area contributed by atoms with Gasteiger partial charge in [-0.25, -0.2) is 5.43 Å². The zero-order valence-corrected chi connectivity index (χ0v) is 17.6. The molecule has 0 unspecified atom stereocenters. The van der Waals surface area contributed by atoms with Gasteiger partial charge in [-0.2, -0.15) is 10.2 Å². The van der Waals surface area contributed by atoms with Crippen molar-refractivity contribution >= 4 is 23.7 Å². The van der Waals surface area contributed by atoms with Crippen LogP contribution in [-0.2, 0) is 6.61 Å². The number of phenolic OH excluding ortho intramolecular Hbond substituents is 1. The van der Waals surface area contributed by atoms with Gasteiger partial charge in [0.1, 0.15) is 23.8 Å². The average molecular weight is 447 g/mol. The summed E-state index contributed by atoms with van der Waals surface area (Å²) in [5.74, 6) is 0.398. The molecule has 4 rings (SSSR count). The number of aromatic nitrogens is 2. The number of amides is 1. The van der Waals surface area contributed by atoms with Gasteiger partial charge in [-0.3, -0.25) is 9.89 Å². The van der Waals surface area contributed by atoms with Crippen LogP contribution in [0.2, 0.25) is 5.02 Å². The Kier molecular flexibility index (Phi) is 6.48. The SMILES string of the molecule is O=C(N/N=C/c1ccc(O)cc1)c1cc(-c2cccc(OCc3ccccc3Cl)c2)n[nH]1. The number of rotatable bonds is 7. The first-order valence-corrected chi connectivity index (χ1v) is 10.1. The van der Waals surface area contributed by atoms with Crippen molar-refractivity contribution in [2.45, 2.75) is 6.61 Å². The Hall–Kier alpha value is -4.10. The number of hydrazone groups is 1. The molecule has 7 nitrogen and oxygen atoms in total. The molecule has 0 aliphatic heterocycles. The van der Waals surface area contributed by atoms with Crippen LogP contribution in [0.25, 0.3) is 11.3 Å². The second-order valence-electron chi connectivity index (χ2n) is 6.87. The molecule has 160 valence electrons. The number of hydrogen-bond donors (Lipinski definition) is 3. The van der Waals surface area contributed by atoms with E-state index in [2.05, 4.69) is 20.7 Å². The molecule has 0 atom stereocenters. The standard InChI is InChI=1S/C24H19ClN4O3/c25-21-7-2-1-4-18(21)15-32-20-6-3-5-17(12-20)22-13-23(28-27-22)24(31)29-26-14-16-8-10-19(30)11-9-16/h1-14,30H,15H2,(H,27,28)(H,29,31)/b26-14+. The molecule has 32 heavy (non-hydrogen) atoms. The maximum Gasteiger partial charge on any atom is 0.289 e. The van der Waals surface area contributed by atoms with Crippen molar-refractivity contribution in [3.8, 4) is 22.8 Å². The zero-order chi connectivity index (χ0) is 22.3. The van der Waals surface area contributed by atoms with E-state index < -0.39 is 5.91 Å². The molecule has 3 aromatic carbocycles. The monoisotopic (exact) mass is 446 g/mol. The van der Waals surface area contributed by atoms with Gasteiger partial charge in [0, 0.05) is 16.1 Å². The lowest BCUT2D eigenvalue weighted by atomic mass is 10.1. The Morgan fingerprint density at radius 1 is 1.09 bits per heavy atom. The highest BCUT2D eigenvalue weighted by atomic mass is 35.5. The molecule has 0 aliphatic carbocycles. The fourth-order valence-electron chi connectivity index (χ4n) is 2.89. The Bertz CT molecular complexity index is 1250. The Morgan fingerprint density at radius 2 is 1.91 bits per heavy atom. The maximum absolute atomic E-state index is 12.3. The van der Waals surface area contributed by atoms with Gasteiger partial charge >= 0.3 is 0 Å². The van der Waals surface area contributed by atoms with Crippen LogP contribution >= 0.6 is 11.6 Å². The third-order valence-electron chi connectivity index (χ3n) is 4.58. The topological polar surface area (TPSA) is 99.6 Å². The van der Waals surface area contributed by atoms with Crippen LogP contribution in [0.15, 0.2) is 84.0 Å². The van der Waals surface area contributed by atoms with E-state index in [0.717, 1.165) is 16.7 Å². The number of ether oxygens (including phenoxy) is 1. The molecule has 0 saturated heterocycles. The summed E-state index contributed by atoms with van der Waals surface area (Å²) in [6, 6.07) is 23.0. The first-order valence-electron chi connectivity index (χ1n) is 9.73. The molecule has 1 aromatic heterocycles. The molecule has 0 fully saturated rings. The van der Waals surface area contributed by atoms with E-state index in [1.807, 2.05) is 48.5 Å². The molecule has 0 bridgehead atoms. The second-order valence-corrected chi connectivity index (χ2v) is 7.27. The molecule has 1 heterocycles. The summed E-state index contributed by atoms with van der Waals surface area (Å²) in [5.41, 5.74) is 5.74. The molecular formula is C24H19ClN4O3. The van der Waals surface area contributed by atoms with Gasteiger partial charge in [0.05, 0.1) is 11.9 Å². The third-order valence-corrected chi connectivity index (χ3v) is 4.95. The minimum atomic E-state index is -0.426. The fourth-order valence-corrected chi connectivity index (χ4v) is 3.08. The number of nitrogens with one attached hydrogen (secondary N) is 2. The van der Waals surface area contributed by atoms with Crippen molar-refractivity contribution in [1.29, 1.82) is 0 Å². The van der Waals surface area contributed by atoms with E-state index in [4.69, 9.17) is 16.3 Å². The van der Waals surface area contributed by atoms with Crippen molar-refractivity contribution in [2.24, 2.45) is 5.10 Å². The number of carbonyl (C=O) groups excluding carboxylic acids is 1. The quantitative estimate of drug-likeness (QED) is 0.281. The summed E-state index contributed by atoms with van der Waals surface area (Å²) in [4.78, 5) is 12.3.